The van der Waals surface area contributed by atoms with Gasteiger partial charge in [0.1, 0.15) is 10.4 Å². The van der Waals surface area contributed by atoms with E-state index < -0.39 is 17.4 Å². The molecule has 0 fully saturated rings. The summed E-state index contributed by atoms with van der Waals surface area (Å²) in [6, 6.07) is 0. The highest BCUT2D eigenvalue weighted by molar-refractivity contribution is 7.08. The van der Waals surface area contributed by atoms with Crippen molar-refractivity contribution in [2.24, 2.45) is 0 Å². The molecule has 6 nitrogen and oxygen atoms in total. The molecule has 1 aromatic heterocycles. The van der Waals surface area contributed by atoms with Gasteiger partial charge in [-0.05, 0) is 30.8 Å². The molecule has 1 atom stereocenters. The van der Waals surface area contributed by atoms with Gasteiger partial charge in [-0.2, -0.15) is 0 Å². The third-order valence-corrected chi connectivity index (χ3v) is 3.62. The van der Waals surface area contributed by atoms with Crippen LogP contribution in [0.2, 0.25) is 0 Å². The Hall–Kier alpha value is -1.50. The predicted molar refractivity (Wildman–Crippen MR) is 72.4 cm³/mol. The summed E-state index contributed by atoms with van der Waals surface area (Å²) in [5.74, 6) is -1.38. The highest BCUT2D eigenvalue weighted by Crippen LogP contribution is 2.21. The zero-order valence-corrected chi connectivity index (χ0v) is 12.4. The summed E-state index contributed by atoms with van der Waals surface area (Å²) in [6.07, 6.45) is 1.04. The first-order valence-corrected chi connectivity index (χ1v) is 6.97. The van der Waals surface area contributed by atoms with Crippen molar-refractivity contribution in [1.29, 1.82) is 0 Å². The molecule has 0 saturated carbocycles. The Morgan fingerprint density at radius 3 is 2.58 bits per heavy atom. The number of rotatable bonds is 6. The molecule has 0 radical (unpaired) electrons. The van der Waals surface area contributed by atoms with Gasteiger partial charge in [-0.25, -0.2) is 4.79 Å². The monoisotopic (exact) mass is 285 g/mol. The van der Waals surface area contributed by atoms with Crippen molar-refractivity contribution in [3.8, 4) is 0 Å². The molecule has 19 heavy (non-hydrogen) atoms. The van der Waals surface area contributed by atoms with Gasteiger partial charge in [-0.3, -0.25) is 4.79 Å². The number of aromatic nitrogens is 2. The summed E-state index contributed by atoms with van der Waals surface area (Å²) < 4.78 is 3.77. The van der Waals surface area contributed by atoms with Crippen molar-refractivity contribution in [1.82, 2.24) is 14.9 Å². The molecule has 106 valence electrons. The summed E-state index contributed by atoms with van der Waals surface area (Å²) in [7, 11) is 0. The number of carbonyl (C=O) groups excluding carboxylic acids is 1. The summed E-state index contributed by atoms with van der Waals surface area (Å²) in [5.41, 5.74) is -0.656. The first-order valence-electron chi connectivity index (χ1n) is 6.20. The lowest BCUT2D eigenvalue weighted by atomic mass is 9.96. The van der Waals surface area contributed by atoms with Crippen LogP contribution < -0.4 is 5.32 Å². The second-order valence-corrected chi connectivity index (χ2v) is 5.74. The highest BCUT2D eigenvalue weighted by Gasteiger charge is 2.35. The van der Waals surface area contributed by atoms with Crippen molar-refractivity contribution in [3.63, 3.8) is 0 Å². The lowest BCUT2D eigenvalue weighted by Gasteiger charge is -2.25. The van der Waals surface area contributed by atoms with Crippen LogP contribution in [0.1, 0.15) is 61.8 Å². The zero-order valence-electron chi connectivity index (χ0n) is 11.6. The number of amides is 1. The standard InChI is InChI=1S/C12H19N3O3S/c1-5-6-12(4,11(17)18)13-10(16)9-8(7(2)3)14-15-19-9/h7H,5-6H2,1-4H3,(H,13,16)(H,17,18). The molecule has 0 aliphatic carbocycles. The molecule has 2 N–H and O–H groups in total. The van der Waals surface area contributed by atoms with Crippen molar-refractivity contribution in [2.45, 2.75) is 52.0 Å². The van der Waals surface area contributed by atoms with Gasteiger partial charge in [-0.15, -0.1) is 5.10 Å². The number of aliphatic carboxylic acids is 1. The smallest absolute Gasteiger partial charge is 0.329 e. The first kappa shape index (κ1) is 15.6. The van der Waals surface area contributed by atoms with Crippen LogP contribution in [0.4, 0.5) is 0 Å². The fourth-order valence-corrected chi connectivity index (χ4v) is 2.48. The van der Waals surface area contributed by atoms with E-state index in [1.807, 2.05) is 20.8 Å². The van der Waals surface area contributed by atoms with Crippen molar-refractivity contribution >= 4 is 23.4 Å². The second-order valence-electron chi connectivity index (χ2n) is 4.98. The second kappa shape index (κ2) is 6.10. The minimum absolute atomic E-state index is 0.0711. The minimum atomic E-state index is -1.26. The van der Waals surface area contributed by atoms with Crippen molar-refractivity contribution in [3.05, 3.63) is 10.6 Å². The topological polar surface area (TPSA) is 92.2 Å². The average molecular weight is 285 g/mol. The first-order chi connectivity index (χ1) is 8.81. The number of carboxylic acid groups (broad SMARTS) is 1. The molecular weight excluding hydrogens is 266 g/mol. The van der Waals surface area contributed by atoms with Crippen LogP contribution in [-0.2, 0) is 4.79 Å². The maximum Gasteiger partial charge on any atom is 0.329 e. The van der Waals surface area contributed by atoms with Gasteiger partial charge < -0.3 is 10.4 Å². The van der Waals surface area contributed by atoms with Crippen LogP contribution in [0.5, 0.6) is 0 Å². The Balaban J connectivity index is 2.94. The maximum absolute atomic E-state index is 12.2. The molecule has 0 spiro atoms. The number of nitrogens with zero attached hydrogens (tertiary/aromatic N) is 2. The molecule has 1 heterocycles. The zero-order chi connectivity index (χ0) is 14.6. The van der Waals surface area contributed by atoms with E-state index in [9.17, 15) is 14.7 Å². The van der Waals surface area contributed by atoms with Crippen molar-refractivity contribution < 1.29 is 14.7 Å². The van der Waals surface area contributed by atoms with E-state index in [2.05, 4.69) is 14.9 Å². The van der Waals surface area contributed by atoms with Gasteiger partial charge in [0, 0.05) is 0 Å². The largest absolute Gasteiger partial charge is 0.480 e. The van der Waals surface area contributed by atoms with Gasteiger partial charge >= 0.3 is 5.97 Å². The molecule has 1 unspecified atom stereocenters. The molecule has 7 heteroatoms. The quantitative estimate of drug-likeness (QED) is 0.834. The van der Waals surface area contributed by atoms with Crippen LogP contribution in [0.3, 0.4) is 0 Å². The molecule has 1 amide bonds. The Kier molecular flexibility index (Phi) is 4.99. The van der Waals surface area contributed by atoms with Gasteiger partial charge in [0.25, 0.3) is 5.91 Å². The predicted octanol–water partition coefficient (Wildman–Crippen LogP) is 2.03. The van der Waals surface area contributed by atoms with E-state index in [0.29, 0.717) is 23.4 Å². The molecule has 0 aliphatic rings. The molecule has 0 bridgehead atoms. The molecule has 0 aliphatic heterocycles. The van der Waals surface area contributed by atoms with Gasteiger partial charge in [-0.1, -0.05) is 31.7 Å². The normalized spacial score (nSPS) is 14.2. The lowest BCUT2D eigenvalue weighted by Crippen LogP contribution is -2.52. The van der Waals surface area contributed by atoms with Crippen LogP contribution in [0.15, 0.2) is 0 Å². The number of carboxylic acids is 1. The third kappa shape index (κ3) is 3.50. The number of hydrogen-bond donors (Lipinski definition) is 2. The Morgan fingerprint density at radius 2 is 2.11 bits per heavy atom. The van der Waals surface area contributed by atoms with E-state index in [4.69, 9.17) is 0 Å². The van der Waals surface area contributed by atoms with Crippen LogP contribution in [0.25, 0.3) is 0 Å². The average Bonchev–Trinajstić information content (AvgIpc) is 2.77. The van der Waals surface area contributed by atoms with E-state index >= 15 is 0 Å². The minimum Gasteiger partial charge on any atom is -0.480 e. The Bertz CT molecular complexity index is 473. The van der Waals surface area contributed by atoms with Crippen LogP contribution in [-0.4, -0.2) is 32.1 Å². The van der Waals surface area contributed by atoms with E-state index in [0.717, 1.165) is 11.5 Å². The molecule has 1 rings (SSSR count). The van der Waals surface area contributed by atoms with E-state index in [1.54, 1.807) is 0 Å². The Morgan fingerprint density at radius 1 is 1.47 bits per heavy atom. The Labute approximate surface area is 116 Å². The fourth-order valence-electron chi connectivity index (χ4n) is 1.76. The van der Waals surface area contributed by atoms with E-state index in [1.165, 1.54) is 6.92 Å². The summed E-state index contributed by atoms with van der Waals surface area (Å²) in [5, 5.41) is 15.7. The molecule has 0 aromatic carbocycles. The van der Waals surface area contributed by atoms with Gasteiger partial charge in [0.2, 0.25) is 0 Å². The molecular formula is C12H19N3O3S. The molecule has 1 aromatic rings. The number of hydrogen-bond acceptors (Lipinski definition) is 5. The SMILES string of the molecule is CCCC(C)(NC(=O)c1snnc1C(C)C)C(=O)O. The lowest BCUT2D eigenvalue weighted by molar-refractivity contribution is -0.144. The summed E-state index contributed by atoms with van der Waals surface area (Å²) >= 11 is 0.990. The number of carbonyl (C=O) groups is 2. The third-order valence-electron chi connectivity index (χ3n) is 2.88. The van der Waals surface area contributed by atoms with Crippen LogP contribution in [0, 0.1) is 0 Å². The van der Waals surface area contributed by atoms with Crippen molar-refractivity contribution in [2.75, 3.05) is 0 Å². The molecule has 0 saturated heterocycles. The van der Waals surface area contributed by atoms with Crippen LogP contribution >= 0.6 is 11.5 Å². The maximum atomic E-state index is 12.2. The van der Waals surface area contributed by atoms with Gasteiger partial charge in [0.05, 0.1) is 5.69 Å². The summed E-state index contributed by atoms with van der Waals surface area (Å²) in [6.45, 7) is 7.22. The van der Waals surface area contributed by atoms with Gasteiger partial charge in [0.15, 0.2) is 0 Å². The number of nitrogens with one attached hydrogen (secondary N) is 1. The van der Waals surface area contributed by atoms with E-state index in [-0.39, 0.29) is 5.92 Å². The fraction of sp³-hybridized carbons (Fsp3) is 0.667. The highest BCUT2D eigenvalue weighted by atomic mass is 32.1. The summed E-state index contributed by atoms with van der Waals surface area (Å²) in [4.78, 5) is 23.9.